The fraction of sp³-hybridized carbons (Fsp3) is 0.158. The van der Waals surface area contributed by atoms with Gasteiger partial charge in [-0.25, -0.2) is 4.98 Å². The quantitative estimate of drug-likeness (QED) is 0.709. The van der Waals surface area contributed by atoms with Crippen molar-refractivity contribution in [3.8, 4) is 0 Å². The fourth-order valence-corrected chi connectivity index (χ4v) is 3.18. The van der Waals surface area contributed by atoms with Gasteiger partial charge in [-0.1, -0.05) is 30.3 Å². The molecule has 0 aliphatic heterocycles. The number of aliphatic hydroxyl groups excluding tert-OH is 1. The normalized spacial score (nSPS) is 11.2. The van der Waals surface area contributed by atoms with Crippen LogP contribution in [0.3, 0.4) is 0 Å². The number of hydrogen-bond donors (Lipinski definition) is 2. The fourth-order valence-electron chi connectivity index (χ4n) is 2.31. The monoisotopic (exact) mass is 338 g/mol. The average Bonchev–Trinajstić information content (AvgIpc) is 3.01. The Labute approximate surface area is 144 Å². The maximum absolute atomic E-state index is 11.7. The Morgan fingerprint density at radius 2 is 2.04 bits per heavy atom. The lowest BCUT2D eigenvalue weighted by atomic mass is 10.2. The highest BCUT2D eigenvalue weighted by Gasteiger charge is 2.02. The summed E-state index contributed by atoms with van der Waals surface area (Å²) in [6, 6.07) is 15.7. The van der Waals surface area contributed by atoms with Gasteiger partial charge < -0.3 is 10.4 Å². The zero-order chi connectivity index (χ0) is 16.8. The van der Waals surface area contributed by atoms with Crippen molar-refractivity contribution >= 4 is 45.3 Å². The minimum absolute atomic E-state index is 0.0262. The Bertz CT molecular complexity index is 837. The summed E-state index contributed by atoms with van der Waals surface area (Å²) in [6.45, 7) is 0.0262. The summed E-state index contributed by atoms with van der Waals surface area (Å²) in [7, 11) is 0. The number of anilines is 1. The molecule has 3 aromatic rings. The van der Waals surface area contributed by atoms with E-state index in [0.717, 1.165) is 21.8 Å². The van der Waals surface area contributed by atoms with Gasteiger partial charge in [0, 0.05) is 18.7 Å². The third-order valence-electron chi connectivity index (χ3n) is 3.46. The first kappa shape index (κ1) is 16.4. The molecule has 0 atom stereocenters. The summed E-state index contributed by atoms with van der Waals surface area (Å²) in [6.07, 6.45) is 4.77. The number of aromatic nitrogens is 1. The summed E-state index contributed by atoms with van der Waals surface area (Å²) in [4.78, 5) is 16.3. The molecule has 0 spiro atoms. The number of carbonyl (C=O) groups is 1. The summed E-state index contributed by atoms with van der Waals surface area (Å²) in [5.41, 5.74) is 2.76. The molecule has 1 amide bonds. The molecule has 1 heterocycles. The van der Waals surface area contributed by atoms with Crippen LogP contribution in [0.25, 0.3) is 22.4 Å². The molecule has 5 heteroatoms. The molecule has 1 aromatic heterocycles. The van der Waals surface area contributed by atoms with E-state index in [1.54, 1.807) is 11.3 Å². The first-order valence-corrected chi connectivity index (χ1v) is 8.61. The van der Waals surface area contributed by atoms with E-state index in [2.05, 4.69) is 16.4 Å². The molecule has 0 radical (unpaired) electrons. The van der Waals surface area contributed by atoms with Crippen molar-refractivity contribution in [3.63, 3.8) is 0 Å². The summed E-state index contributed by atoms with van der Waals surface area (Å²) < 4.78 is 1.17. The standard InChI is InChI=1S/C19H18N2O2S/c22-12-4-9-18(23)20-15-6-3-5-14(13-15)10-11-19-21-16-7-1-2-8-17(16)24-19/h1-3,5-8,10-11,13,22H,4,9,12H2,(H,20,23). The first-order chi connectivity index (χ1) is 11.7. The van der Waals surface area contributed by atoms with Crippen LogP contribution in [0.5, 0.6) is 0 Å². The molecule has 24 heavy (non-hydrogen) atoms. The highest BCUT2D eigenvalue weighted by atomic mass is 32.1. The summed E-state index contributed by atoms with van der Waals surface area (Å²) >= 11 is 1.65. The van der Waals surface area contributed by atoms with Gasteiger partial charge in [-0.05, 0) is 42.3 Å². The topological polar surface area (TPSA) is 62.2 Å². The van der Waals surface area contributed by atoms with E-state index >= 15 is 0 Å². The first-order valence-electron chi connectivity index (χ1n) is 7.79. The summed E-state index contributed by atoms with van der Waals surface area (Å²) in [5.74, 6) is -0.0867. The third-order valence-corrected chi connectivity index (χ3v) is 4.46. The second kappa shape index (κ2) is 7.86. The number of carbonyl (C=O) groups excluding carboxylic acids is 1. The number of nitrogens with zero attached hydrogens (tertiary/aromatic N) is 1. The average molecular weight is 338 g/mol. The van der Waals surface area contributed by atoms with E-state index in [9.17, 15) is 4.79 Å². The molecular weight excluding hydrogens is 320 g/mol. The lowest BCUT2D eigenvalue weighted by Crippen LogP contribution is -2.11. The van der Waals surface area contributed by atoms with Crippen LogP contribution >= 0.6 is 11.3 Å². The van der Waals surface area contributed by atoms with Gasteiger partial charge >= 0.3 is 0 Å². The second-order valence-corrected chi connectivity index (χ2v) is 6.42. The minimum atomic E-state index is -0.0867. The minimum Gasteiger partial charge on any atom is -0.396 e. The molecule has 0 aliphatic carbocycles. The third kappa shape index (κ3) is 4.28. The zero-order valence-electron chi connectivity index (χ0n) is 13.1. The molecule has 2 aromatic carbocycles. The number of thiazole rings is 1. The molecule has 0 aliphatic rings. The van der Waals surface area contributed by atoms with Gasteiger partial charge in [-0.3, -0.25) is 4.79 Å². The van der Waals surface area contributed by atoms with Crippen molar-refractivity contribution in [1.82, 2.24) is 4.98 Å². The number of fused-ring (bicyclic) bond motifs is 1. The number of rotatable bonds is 6. The van der Waals surface area contributed by atoms with E-state index in [-0.39, 0.29) is 12.5 Å². The maximum Gasteiger partial charge on any atom is 0.224 e. The molecular formula is C19H18N2O2S. The van der Waals surface area contributed by atoms with Crippen LogP contribution in [0.15, 0.2) is 48.5 Å². The van der Waals surface area contributed by atoms with E-state index < -0.39 is 0 Å². The largest absolute Gasteiger partial charge is 0.396 e. The van der Waals surface area contributed by atoms with Gasteiger partial charge in [-0.2, -0.15) is 0 Å². The lowest BCUT2D eigenvalue weighted by Gasteiger charge is -2.05. The highest BCUT2D eigenvalue weighted by molar-refractivity contribution is 7.19. The van der Waals surface area contributed by atoms with Crippen LogP contribution in [-0.2, 0) is 4.79 Å². The maximum atomic E-state index is 11.7. The van der Waals surface area contributed by atoms with Crippen molar-refractivity contribution in [3.05, 3.63) is 59.1 Å². The molecule has 0 saturated heterocycles. The smallest absolute Gasteiger partial charge is 0.224 e. The number of benzene rings is 2. The molecule has 0 fully saturated rings. The van der Waals surface area contributed by atoms with Gasteiger partial charge in [-0.15, -0.1) is 11.3 Å². The van der Waals surface area contributed by atoms with Gasteiger partial charge in [0.05, 0.1) is 10.2 Å². The van der Waals surface area contributed by atoms with Crippen molar-refractivity contribution in [2.75, 3.05) is 11.9 Å². The zero-order valence-corrected chi connectivity index (χ0v) is 13.9. The summed E-state index contributed by atoms with van der Waals surface area (Å²) in [5, 5.41) is 12.6. The van der Waals surface area contributed by atoms with Crippen molar-refractivity contribution in [1.29, 1.82) is 0 Å². The van der Waals surface area contributed by atoms with Crippen molar-refractivity contribution in [2.45, 2.75) is 12.8 Å². The Kier molecular flexibility index (Phi) is 5.36. The molecule has 0 unspecified atom stereocenters. The van der Waals surface area contributed by atoms with Crippen LogP contribution in [0.1, 0.15) is 23.4 Å². The molecule has 0 saturated carbocycles. The number of hydrogen-bond acceptors (Lipinski definition) is 4. The molecule has 0 bridgehead atoms. The Balaban J connectivity index is 1.70. The van der Waals surface area contributed by atoms with Crippen LogP contribution in [0, 0.1) is 0 Å². The van der Waals surface area contributed by atoms with Gasteiger partial charge in [0.15, 0.2) is 0 Å². The lowest BCUT2D eigenvalue weighted by molar-refractivity contribution is -0.116. The predicted molar refractivity (Wildman–Crippen MR) is 99.9 cm³/mol. The Hall–Kier alpha value is -2.50. The van der Waals surface area contributed by atoms with Crippen molar-refractivity contribution in [2.24, 2.45) is 0 Å². The van der Waals surface area contributed by atoms with Crippen molar-refractivity contribution < 1.29 is 9.90 Å². The van der Waals surface area contributed by atoms with Gasteiger partial charge in [0.2, 0.25) is 5.91 Å². The van der Waals surface area contributed by atoms with E-state index in [0.29, 0.717) is 12.8 Å². The number of aliphatic hydroxyl groups is 1. The molecule has 3 rings (SSSR count). The second-order valence-electron chi connectivity index (χ2n) is 5.35. The Morgan fingerprint density at radius 3 is 2.88 bits per heavy atom. The number of para-hydroxylation sites is 1. The molecule has 4 nitrogen and oxygen atoms in total. The molecule has 122 valence electrons. The van der Waals surface area contributed by atoms with Crippen LogP contribution < -0.4 is 5.32 Å². The van der Waals surface area contributed by atoms with E-state index in [1.165, 1.54) is 4.70 Å². The number of nitrogens with one attached hydrogen (secondary N) is 1. The van der Waals surface area contributed by atoms with Gasteiger partial charge in [0.1, 0.15) is 5.01 Å². The van der Waals surface area contributed by atoms with Gasteiger partial charge in [0.25, 0.3) is 0 Å². The van der Waals surface area contributed by atoms with Crippen LogP contribution in [0.2, 0.25) is 0 Å². The van der Waals surface area contributed by atoms with Crippen LogP contribution in [-0.4, -0.2) is 22.6 Å². The number of amides is 1. The highest BCUT2D eigenvalue weighted by Crippen LogP contribution is 2.23. The SMILES string of the molecule is O=C(CCCO)Nc1cccc(C=Cc2nc3ccccc3s2)c1. The predicted octanol–water partition coefficient (Wildman–Crippen LogP) is 4.18. The van der Waals surface area contributed by atoms with Crippen LogP contribution in [0.4, 0.5) is 5.69 Å². The van der Waals surface area contributed by atoms with E-state index in [1.807, 2.05) is 54.6 Å². The Morgan fingerprint density at radius 1 is 1.17 bits per heavy atom. The molecule has 2 N–H and O–H groups in total. The van der Waals surface area contributed by atoms with E-state index in [4.69, 9.17) is 5.11 Å².